The van der Waals surface area contributed by atoms with Crippen molar-refractivity contribution in [1.82, 2.24) is 4.90 Å². The smallest absolute Gasteiger partial charge is 0.222 e. The molecule has 1 fully saturated rings. The number of nitrogens with zero attached hydrogens (tertiary/aromatic N) is 1. The second-order valence-corrected chi connectivity index (χ2v) is 5.42. The topological polar surface area (TPSA) is 46.3 Å². The van der Waals surface area contributed by atoms with Crippen LogP contribution in [0.25, 0.3) is 0 Å². The summed E-state index contributed by atoms with van der Waals surface area (Å²) in [5, 5.41) is 0. The molecule has 1 heterocycles. The Labute approximate surface area is 106 Å². The zero-order valence-corrected chi connectivity index (χ0v) is 10.7. The van der Waals surface area contributed by atoms with Gasteiger partial charge in [-0.1, -0.05) is 18.2 Å². The molecule has 17 heavy (non-hydrogen) atoms. The lowest BCUT2D eigenvalue weighted by Crippen LogP contribution is -2.38. The van der Waals surface area contributed by atoms with Crippen LogP contribution in [0.15, 0.2) is 24.3 Å². The predicted molar refractivity (Wildman–Crippen MR) is 73.1 cm³/mol. The summed E-state index contributed by atoms with van der Waals surface area (Å²) in [7, 11) is 0. The third-order valence-corrected chi connectivity index (χ3v) is 3.97. The van der Waals surface area contributed by atoms with Crippen molar-refractivity contribution in [2.24, 2.45) is 0 Å². The normalized spacial score (nSPS) is 15.9. The van der Waals surface area contributed by atoms with Crippen LogP contribution >= 0.6 is 11.8 Å². The molecule has 0 saturated carbocycles. The number of hydrogen-bond donors (Lipinski definition) is 1. The number of thioether (sulfide) groups is 1. The first-order valence-electron chi connectivity index (χ1n) is 5.96. The first kappa shape index (κ1) is 12.3. The number of nitrogens with two attached hydrogens (primary N) is 1. The van der Waals surface area contributed by atoms with E-state index in [0.29, 0.717) is 6.42 Å². The number of aryl methyl sites for hydroxylation is 1. The number of benzene rings is 1. The summed E-state index contributed by atoms with van der Waals surface area (Å²) in [5.74, 6) is 2.40. The first-order chi connectivity index (χ1) is 8.27. The Bertz CT molecular complexity index is 389. The van der Waals surface area contributed by atoms with E-state index < -0.39 is 0 Å². The van der Waals surface area contributed by atoms with Gasteiger partial charge in [0, 0.05) is 36.7 Å². The van der Waals surface area contributed by atoms with Crippen LogP contribution in [0, 0.1) is 0 Å². The van der Waals surface area contributed by atoms with Crippen molar-refractivity contribution >= 4 is 23.4 Å². The van der Waals surface area contributed by atoms with Crippen molar-refractivity contribution in [1.29, 1.82) is 0 Å². The van der Waals surface area contributed by atoms with Gasteiger partial charge in [-0.2, -0.15) is 11.8 Å². The summed E-state index contributed by atoms with van der Waals surface area (Å²) >= 11 is 1.92. The number of para-hydroxylation sites is 1. The van der Waals surface area contributed by atoms with Crippen LogP contribution in [0.5, 0.6) is 0 Å². The SMILES string of the molecule is Nc1ccccc1CCC(=O)N1CCSCC1. The maximum atomic E-state index is 12.0. The van der Waals surface area contributed by atoms with Gasteiger partial charge in [-0.15, -0.1) is 0 Å². The van der Waals surface area contributed by atoms with Gasteiger partial charge in [0.25, 0.3) is 0 Å². The second-order valence-electron chi connectivity index (χ2n) is 4.19. The second kappa shape index (κ2) is 5.96. The van der Waals surface area contributed by atoms with E-state index in [1.54, 1.807) is 0 Å². The molecule has 2 N–H and O–H groups in total. The van der Waals surface area contributed by atoms with E-state index in [9.17, 15) is 4.79 Å². The van der Waals surface area contributed by atoms with Gasteiger partial charge in [0.15, 0.2) is 0 Å². The Morgan fingerprint density at radius 3 is 2.71 bits per heavy atom. The van der Waals surface area contributed by atoms with Crippen LogP contribution in [-0.2, 0) is 11.2 Å². The largest absolute Gasteiger partial charge is 0.399 e. The lowest BCUT2D eigenvalue weighted by atomic mass is 10.1. The lowest BCUT2D eigenvalue weighted by Gasteiger charge is -2.26. The quantitative estimate of drug-likeness (QED) is 0.832. The zero-order chi connectivity index (χ0) is 12.1. The average molecular weight is 250 g/mol. The average Bonchev–Trinajstić information content (AvgIpc) is 2.38. The van der Waals surface area contributed by atoms with E-state index in [1.165, 1.54) is 0 Å². The summed E-state index contributed by atoms with van der Waals surface area (Å²) in [6.45, 7) is 1.79. The molecule has 4 heteroatoms. The van der Waals surface area contributed by atoms with Gasteiger partial charge in [0.1, 0.15) is 0 Å². The Kier molecular flexibility index (Phi) is 4.31. The molecule has 0 unspecified atom stereocenters. The molecular weight excluding hydrogens is 232 g/mol. The molecule has 1 amide bonds. The summed E-state index contributed by atoms with van der Waals surface area (Å²) in [6.07, 6.45) is 1.31. The number of anilines is 1. The summed E-state index contributed by atoms with van der Waals surface area (Å²) in [4.78, 5) is 13.9. The highest BCUT2D eigenvalue weighted by atomic mass is 32.2. The van der Waals surface area contributed by atoms with Crippen molar-refractivity contribution in [2.75, 3.05) is 30.3 Å². The van der Waals surface area contributed by atoms with Gasteiger partial charge in [-0.05, 0) is 18.1 Å². The molecular formula is C13H18N2OS. The highest BCUT2D eigenvalue weighted by Crippen LogP contribution is 2.15. The molecule has 0 bridgehead atoms. The Morgan fingerprint density at radius 2 is 2.00 bits per heavy atom. The van der Waals surface area contributed by atoms with Crippen molar-refractivity contribution in [3.63, 3.8) is 0 Å². The molecule has 0 spiro atoms. The molecule has 1 saturated heterocycles. The third-order valence-electron chi connectivity index (χ3n) is 3.03. The molecule has 3 nitrogen and oxygen atoms in total. The van der Waals surface area contributed by atoms with Crippen molar-refractivity contribution < 1.29 is 4.79 Å². The van der Waals surface area contributed by atoms with Gasteiger partial charge >= 0.3 is 0 Å². The molecule has 1 aliphatic heterocycles. The Hall–Kier alpha value is -1.16. The zero-order valence-electron chi connectivity index (χ0n) is 9.89. The van der Waals surface area contributed by atoms with Crippen LogP contribution in [0.2, 0.25) is 0 Å². The minimum Gasteiger partial charge on any atom is -0.399 e. The van der Waals surface area contributed by atoms with Gasteiger partial charge in [0.05, 0.1) is 0 Å². The third kappa shape index (κ3) is 3.40. The molecule has 92 valence electrons. The standard InChI is InChI=1S/C13H18N2OS/c14-12-4-2-1-3-11(12)5-6-13(16)15-7-9-17-10-8-15/h1-4H,5-10,14H2. The fourth-order valence-electron chi connectivity index (χ4n) is 1.97. The van der Waals surface area contributed by atoms with E-state index in [4.69, 9.17) is 5.73 Å². The lowest BCUT2D eigenvalue weighted by molar-refractivity contribution is -0.130. The van der Waals surface area contributed by atoms with E-state index in [-0.39, 0.29) is 5.91 Å². The first-order valence-corrected chi connectivity index (χ1v) is 7.12. The predicted octanol–water partition coefficient (Wildman–Crippen LogP) is 1.78. The minimum absolute atomic E-state index is 0.258. The number of amides is 1. The van der Waals surface area contributed by atoms with E-state index in [0.717, 1.165) is 42.3 Å². The van der Waals surface area contributed by atoms with E-state index >= 15 is 0 Å². The molecule has 1 aromatic rings. The van der Waals surface area contributed by atoms with Gasteiger partial charge in [-0.3, -0.25) is 4.79 Å². The number of carbonyl (C=O) groups excluding carboxylic acids is 1. The number of rotatable bonds is 3. The monoisotopic (exact) mass is 250 g/mol. The molecule has 0 atom stereocenters. The van der Waals surface area contributed by atoms with Crippen LogP contribution in [-0.4, -0.2) is 35.4 Å². The highest BCUT2D eigenvalue weighted by Gasteiger charge is 2.16. The van der Waals surface area contributed by atoms with Crippen molar-refractivity contribution in [2.45, 2.75) is 12.8 Å². The molecule has 2 rings (SSSR count). The van der Waals surface area contributed by atoms with Crippen LogP contribution in [0.4, 0.5) is 5.69 Å². The summed E-state index contributed by atoms with van der Waals surface area (Å²) < 4.78 is 0. The number of carbonyl (C=O) groups is 1. The Morgan fingerprint density at radius 1 is 1.29 bits per heavy atom. The fraction of sp³-hybridized carbons (Fsp3) is 0.462. The molecule has 1 aromatic carbocycles. The van der Waals surface area contributed by atoms with E-state index in [2.05, 4.69) is 0 Å². The van der Waals surface area contributed by atoms with Crippen molar-refractivity contribution in [3.05, 3.63) is 29.8 Å². The van der Waals surface area contributed by atoms with E-state index in [1.807, 2.05) is 40.9 Å². The molecule has 0 aliphatic carbocycles. The van der Waals surface area contributed by atoms with Crippen LogP contribution in [0.1, 0.15) is 12.0 Å². The summed E-state index contributed by atoms with van der Waals surface area (Å²) in [5.41, 5.74) is 7.72. The molecule has 1 aliphatic rings. The van der Waals surface area contributed by atoms with Crippen molar-refractivity contribution in [3.8, 4) is 0 Å². The van der Waals surface area contributed by atoms with Crippen LogP contribution < -0.4 is 5.73 Å². The number of nitrogen functional groups attached to an aromatic ring is 1. The molecule has 0 radical (unpaired) electrons. The molecule has 0 aromatic heterocycles. The van der Waals surface area contributed by atoms with Gasteiger partial charge < -0.3 is 10.6 Å². The van der Waals surface area contributed by atoms with Gasteiger partial charge in [-0.25, -0.2) is 0 Å². The Balaban J connectivity index is 1.85. The van der Waals surface area contributed by atoms with Crippen LogP contribution in [0.3, 0.4) is 0 Å². The van der Waals surface area contributed by atoms with Gasteiger partial charge in [0.2, 0.25) is 5.91 Å². The number of hydrogen-bond acceptors (Lipinski definition) is 3. The fourth-order valence-corrected chi connectivity index (χ4v) is 2.88. The highest BCUT2D eigenvalue weighted by molar-refractivity contribution is 7.99. The minimum atomic E-state index is 0.258. The maximum absolute atomic E-state index is 12.0. The summed E-state index contributed by atoms with van der Waals surface area (Å²) in [6, 6.07) is 7.77. The maximum Gasteiger partial charge on any atom is 0.222 e.